The van der Waals surface area contributed by atoms with Gasteiger partial charge in [0.15, 0.2) is 11.5 Å². The van der Waals surface area contributed by atoms with Gasteiger partial charge < -0.3 is 14.8 Å². The van der Waals surface area contributed by atoms with Gasteiger partial charge in [0, 0.05) is 31.7 Å². The number of rotatable bonds is 5. The molecule has 1 heterocycles. The van der Waals surface area contributed by atoms with Crippen LogP contribution >= 0.6 is 0 Å². The summed E-state index contributed by atoms with van der Waals surface area (Å²) in [4.78, 5) is 2.47. The number of nitrogens with one attached hydrogen (secondary N) is 1. The first-order valence-electron chi connectivity index (χ1n) is 6.94. The monoisotopic (exact) mass is 264 g/mol. The Kier molecular flexibility index (Phi) is 5.05. The van der Waals surface area contributed by atoms with Crippen molar-refractivity contribution in [1.82, 2.24) is 10.2 Å². The Bertz CT molecular complexity index is 397. The molecule has 0 aliphatic carbocycles. The number of hydrogen-bond acceptors (Lipinski definition) is 4. The van der Waals surface area contributed by atoms with E-state index < -0.39 is 0 Å². The highest BCUT2D eigenvalue weighted by atomic mass is 16.5. The van der Waals surface area contributed by atoms with Gasteiger partial charge in [-0.3, -0.25) is 4.90 Å². The third kappa shape index (κ3) is 3.85. The molecule has 0 saturated carbocycles. The molecule has 0 aromatic heterocycles. The van der Waals surface area contributed by atoms with Crippen LogP contribution in [0.1, 0.15) is 13.8 Å². The van der Waals surface area contributed by atoms with Crippen LogP contribution in [0, 0.1) is 0 Å². The number of para-hydroxylation sites is 2. The molecular formula is C15H24N2O2. The Morgan fingerprint density at radius 3 is 2.74 bits per heavy atom. The first-order valence-corrected chi connectivity index (χ1v) is 6.94. The van der Waals surface area contributed by atoms with Gasteiger partial charge in [0.1, 0.15) is 6.61 Å². The first kappa shape index (κ1) is 14.2. The molecule has 1 aliphatic rings. The smallest absolute Gasteiger partial charge is 0.161 e. The minimum Gasteiger partial charge on any atom is -0.493 e. The second-order valence-corrected chi connectivity index (χ2v) is 5.15. The average Bonchev–Trinajstić information content (AvgIpc) is 2.43. The SMILES string of the molecule is COc1ccccc1OCCN1CC(C)NCC1C. The van der Waals surface area contributed by atoms with Crippen molar-refractivity contribution in [2.75, 3.05) is 33.4 Å². The van der Waals surface area contributed by atoms with Gasteiger partial charge in [-0.05, 0) is 26.0 Å². The second-order valence-electron chi connectivity index (χ2n) is 5.15. The van der Waals surface area contributed by atoms with Crippen LogP contribution < -0.4 is 14.8 Å². The van der Waals surface area contributed by atoms with Crippen LogP contribution in [0.15, 0.2) is 24.3 Å². The molecule has 1 aromatic rings. The van der Waals surface area contributed by atoms with Crippen molar-refractivity contribution >= 4 is 0 Å². The lowest BCUT2D eigenvalue weighted by Crippen LogP contribution is -2.55. The van der Waals surface area contributed by atoms with Crippen molar-refractivity contribution in [1.29, 1.82) is 0 Å². The summed E-state index contributed by atoms with van der Waals surface area (Å²) in [5.74, 6) is 1.62. The average molecular weight is 264 g/mol. The fourth-order valence-corrected chi connectivity index (χ4v) is 2.42. The summed E-state index contributed by atoms with van der Waals surface area (Å²) >= 11 is 0. The van der Waals surface area contributed by atoms with Gasteiger partial charge in [0.05, 0.1) is 7.11 Å². The van der Waals surface area contributed by atoms with E-state index in [0.717, 1.165) is 31.1 Å². The van der Waals surface area contributed by atoms with Crippen LogP contribution in [0.25, 0.3) is 0 Å². The number of nitrogens with zero attached hydrogens (tertiary/aromatic N) is 1. The Balaban J connectivity index is 1.82. The summed E-state index contributed by atoms with van der Waals surface area (Å²) in [6.45, 7) is 8.25. The molecule has 1 fully saturated rings. The van der Waals surface area contributed by atoms with Crippen LogP contribution in [-0.4, -0.2) is 50.3 Å². The molecule has 19 heavy (non-hydrogen) atoms. The first-order chi connectivity index (χ1) is 9.20. The molecule has 2 rings (SSSR count). The van der Waals surface area contributed by atoms with E-state index in [4.69, 9.17) is 9.47 Å². The molecule has 1 N–H and O–H groups in total. The zero-order chi connectivity index (χ0) is 13.7. The molecule has 1 saturated heterocycles. The van der Waals surface area contributed by atoms with Crippen LogP contribution in [0.5, 0.6) is 11.5 Å². The van der Waals surface area contributed by atoms with E-state index in [1.807, 2.05) is 24.3 Å². The maximum atomic E-state index is 5.83. The van der Waals surface area contributed by atoms with Crippen molar-refractivity contribution in [2.45, 2.75) is 25.9 Å². The zero-order valence-electron chi connectivity index (χ0n) is 12.1. The van der Waals surface area contributed by atoms with E-state index in [0.29, 0.717) is 18.7 Å². The van der Waals surface area contributed by atoms with Crippen molar-refractivity contribution in [2.24, 2.45) is 0 Å². The minimum atomic E-state index is 0.558. The fraction of sp³-hybridized carbons (Fsp3) is 0.600. The molecule has 2 atom stereocenters. The largest absolute Gasteiger partial charge is 0.493 e. The van der Waals surface area contributed by atoms with E-state index >= 15 is 0 Å². The fourth-order valence-electron chi connectivity index (χ4n) is 2.42. The van der Waals surface area contributed by atoms with E-state index in [-0.39, 0.29) is 0 Å². The lowest BCUT2D eigenvalue weighted by molar-refractivity contribution is 0.122. The summed E-state index contributed by atoms with van der Waals surface area (Å²) in [7, 11) is 1.67. The second kappa shape index (κ2) is 6.78. The quantitative estimate of drug-likeness (QED) is 0.878. The normalized spacial score (nSPS) is 24.2. The summed E-state index contributed by atoms with van der Waals surface area (Å²) in [6, 6.07) is 8.91. The molecule has 1 aromatic carbocycles. The zero-order valence-corrected chi connectivity index (χ0v) is 12.1. The highest BCUT2D eigenvalue weighted by molar-refractivity contribution is 5.39. The topological polar surface area (TPSA) is 33.7 Å². The molecular weight excluding hydrogens is 240 g/mol. The van der Waals surface area contributed by atoms with E-state index in [2.05, 4.69) is 24.1 Å². The lowest BCUT2D eigenvalue weighted by Gasteiger charge is -2.37. The Hall–Kier alpha value is -1.26. The van der Waals surface area contributed by atoms with Gasteiger partial charge >= 0.3 is 0 Å². The maximum Gasteiger partial charge on any atom is 0.161 e. The number of methoxy groups -OCH3 is 1. The van der Waals surface area contributed by atoms with E-state index in [1.54, 1.807) is 7.11 Å². The molecule has 0 amide bonds. The summed E-state index contributed by atoms with van der Waals surface area (Å²) < 4.78 is 11.1. The van der Waals surface area contributed by atoms with Crippen molar-refractivity contribution in [3.05, 3.63) is 24.3 Å². The molecule has 0 bridgehead atoms. The van der Waals surface area contributed by atoms with Crippen LogP contribution in [0.4, 0.5) is 0 Å². The van der Waals surface area contributed by atoms with Gasteiger partial charge in [-0.2, -0.15) is 0 Å². The predicted octanol–water partition coefficient (Wildman–Crippen LogP) is 1.76. The Labute approximate surface area is 115 Å². The highest BCUT2D eigenvalue weighted by Gasteiger charge is 2.21. The molecule has 106 valence electrons. The van der Waals surface area contributed by atoms with Crippen LogP contribution in [0.3, 0.4) is 0 Å². The van der Waals surface area contributed by atoms with Gasteiger partial charge in [0.25, 0.3) is 0 Å². The van der Waals surface area contributed by atoms with Crippen molar-refractivity contribution in [3.8, 4) is 11.5 Å². The third-order valence-corrected chi connectivity index (χ3v) is 3.60. The van der Waals surface area contributed by atoms with Gasteiger partial charge in [-0.25, -0.2) is 0 Å². The summed E-state index contributed by atoms with van der Waals surface area (Å²) in [6.07, 6.45) is 0. The molecule has 1 aliphatic heterocycles. The number of hydrogen-bond donors (Lipinski definition) is 1. The van der Waals surface area contributed by atoms with Crippen molar-refractivity contribution in [3.63, 3.8) is 0 Å². The van der Waals surface area contributed by atoms with Crippen LogP contribution in [-0.2, 0) is 0 Å². The van der Waals surface area contributed by atoms with Gasteiger partial charge in [-0.1, -0.05) is 12.1 Å². The van der Waals surface area contributed by atoms with E-state index in [9.17, 15) is 0 Å². The lowest BCUT2D eigenvalue weighted by atomic mass is 10.1. The highest BCUT2D eigenvalue weighted by Crippen LogP contribution is 2.25. The van der Waals surface area contributed by atoms with Crippen molar-refractivity contribution < 1.29 is 9.47 Å². The van der Waals surface area contributed by atoms with Gasteiger partial charge in [0.2, 0.25) is 0 Å². The minimum absolute atomic E-state index is 0.558. The summed E-state index contributed by atoms with van der Waals surface area (Å²) in [5, 5.41) is 3.49. The van der Waals surface area contributed by atoms with Crippen LogP contribution in [0.2, 0.25) is 0 Å². The molecule has 4 heteroatoms. The Morgan fingerprint density at radius 1 is 1.26 bits per heavy atom. The molecule has 4 nitrogen and oxygen atoms in total. The molecule has 2 unspecified atom stereocenters. The third-order valence-electron chi connectivity index (χ3n) is 3.60. The summed E-state index contributed by atoms with van der Waals surface area (Å²) in [5.41, 5.74) is 0. The molecule has 0 radical (unpaired) electrons. The standard InChI is InChI=1S/C15H24N2O2/c1-12-11-17(13(2)10-16-12)8-9-19-15-7-5-4-6-14(15)18-3/h4-7,12-13,16H,8-11H2,1-3H3. The Morgan fingerprint density at radius 2 is 2.00 bits per heavy atom. The maximum absolute atomic E-state index is 5.83. The predicted molar refractivity (Wildman–Crippen MR) is 77.0 cm³/mol. The number of ether oxygens (including phenoxy) is 2. The van der Waals surface area contributed by atoms with Gasteiger partial charge in [-0.15, -0.1) is 0 Å². The van der Waals surface area contributed by atoms with E-state index in [1.165, 1.54) is 0 Å². The molecule has 0 spiro atoms. The number of benzene rings is 1. The number of piperazine rings is 1.